The molecule has 0 saturated carbocycles. The molecule has 0 amide bonds. The number of carboxylic acid groups (broad SMARTS) is 1. The van der Waals surface area contributed by atoms with Gasteiger partial charge in [-0.3, -0.25) is 14.8 Å². The van der Waals surface area contributed by atoms with Crippen LogP contribution in [0, 0.1) is 0 Å². The van der Waals surface area contributed by atoms with Gasteiger partial charge in [0.2, 0.25) is 10.6 Å². The first-order valence-electron chi connectivity index (χ1n) is 23.6. The number of nitrogens with zero attached hydrogens (tertiary/aromatic N) is 7. The number of likely N-dealkylation sites (N-methyl/N-ethyl adjacent to an activating group) is 1. The summed E-state index contributed by atoms with van der Waals surface area (Å²) in [7, 11) is 2.10. The summed E-state index contributed by atoms with van der Waals surface area (Å²) in [5.74, 6) is 0.555. The molecule has 76 heavy (non-hydrogen) atoms. The quantitative estimate of drug-likeness (QED) is 0.0644. The van der Waals surface area contributed by atoms with Crippen molar-refractivity contribution >= 4 is 140 Å². The SMILES string of the molecule is C.CC(=O)c1cc2ccc(Br)cc2[nH]1.CN1CCC(N)C1.Clc1nccc(Nc2ccc(C3=CCN=C3)cc2)n1.Clc1nccc(Nc2ccc3c(c2)C=NC3)n1.NC1CCOC1.O=C(O)c1cc2ccc(Br)cc2s1. The van der Waals surface area contributed by atoms with Gasteiger partial charge in [0.1, 0.15) is 16.5 Å². The first kappa shape index (κ1) is 59.0. The highest BCUT2D eigenvalue weighted by Crippen LogP contribution is 2.29. The summed E-state index contributed by atoms with van der Waals surface area (Å²) in [5.41, 5.74) is 19.3. The number of nitrogens with two attached hydrogens (primary N) is 2. The Kier molecular flexibility index (Phi) is 22.8. The molecule has 0 radical (unpaired) electrons. The molecule has 8 heterocycles. The zero-order valence-electron chi connectivity index (χ0n) is 40.9. The van der Waals surface area contributed by atoms with Crippen molar-refractivity contribution in [2.75, 3.05) is 50.5 Å². The van der Waals surface area contributed by atoms with E-state index in [2.05, 4.69) is 101 Å². The van der Waals surface area contributed by atoms with Gasteiger partial charge in [-0.2, -0.15) is 0 Å². The number of thiophene rings is 1. The maximum absolute atomic E-state index is 11.1. The molecule has 4 aliphatic rings. The predicted octanol–water partition coefficient (Wildman–Crippen LogP) is 12.7. The van der Waals surface area contributed by atoms with Crippen LogP contribution in [0.3, 0.4) is 0 Å². The van der Waals surface area contributed by atoms with E-state index in [0.29, 0.717) is 34.3 Å². The lowest BCUT2D eigenvalue weighted by Gasteiger charge is -2.06. The minimum Gasteiger partial charge on any atom is -0.477 e. The average Bonchev–Trinajstić information content (AvgIpc) is 4.27. The van der Waals surface area contributed by atoms with Crippen LogP contribution in [0.4, 0.5) is 23.0 Å². The topological polar surface area (TPSA) is 235 Å². The van der Waals surface area contributed by atoms with E-state index < -0.39 is 5.97 Å². The molecule has 4 aromatic heterocycles. The second-order valence-corrected chi connectivity index (χ2v) is 20.9. The number of carbonyl (C=O) groups excluding carboxylic acids is 1. The normalized spacial score (nSPS) is 15.7. The highest BCUT2D eigenvalue weighted by molar-refractivity contribution is 9.10. The van der Waals surface area contributed by atoms with E-state index in [9.17, 15) is 9.59 Å². The molecular weight excluding hydrogens is 1160 g/mol. The second-order valence-electron chi connectivity index (χ2n) is 17.3. The Balaban J connectivity index is 0.000000153. The van der Waals surface area contributed by atoms with E-state index in [1.54, 1.807) is 37.5 Å². The van der Waals surface area contributed by atoms with E-state index in [0.717, 1.165) is 97.3 Å². The van der Waals surface area contributed by atoms with Gasteiger partial charge in [-0.05, 0) is 150 Å². The molecule has 0 aliphatic carbocycles. The summed E-state index contributed by atoms with van der Waals surface area (Å²) < 4.78 is 7.91. The standard InChI is InChI=1S/C14H11ClN4.C12H9ClN4.C10H8BrNO.C9H5BrO2S.C5H12N2.C4H9NO.CH4/c15-14-17-8-6-13(19-14)18-12-3-1-10(2-4-12)11-5-7-16-9-11;13-12-15-4-3-11(17-12)16-10-2-1-8-6-14-7-9(8)5-10;1-6(13)9-4-7-2-3-8(11)5-10(7)12-9;10-6-2-1-5-3-8(9(11)12)13-7(5)4-6;1-7-3-2-5(6)4-7;5-4-1-2-6-3-4;/h1-6,8-9H,7H2,(H,17,18,19);1-5,7H,6H2,(H,15,16,17);2-5,12H,1H3;1-4H,(H,11,12);5H,2-4,6H2,1H3;4H,1-3,5H2;1H4. The van der Waals surface area contributed by atoms with Gasteiger partial charge in [0.25, 0.3) is 0 Å². The molecule has 0 spiro atoms. The Morgan fingerprint density at radius 1 is 0.803 bits per heavy atom. The zero-order chi connectivity index (χ0) is 53.3. The van der Waals surface area contributed by atoms with Crippen LogP contribution in [-0.4, -0.2) is 111 Å². The number of rotatable bonds is 7. The van der Waals surface area contributed by atoms with Crippen LogP contribution in [0.5, 0.6) is 0 Å². The van der Waals surface area contributed by atoms with E-state index in [-0.39, 0.29) is 23.8 Å². The van der Waals surface area contributed by atoms with Crippen molar-refractivity contribution in [2.45, 2.75) is 45.8 Å². The molecule has 4 aliphatic heterocycles. The maximum Gasteiger partial charge on any atom is 0.345 e. The number of carboxylic acids is 1. The number of ketones is 1. The Morgan fingerprint density at radius 3 is 2.03 bits per heavy atom. The van der Waals surface area contributed by atoms with Crippen molar-refractivity contribution in [2.24, 2.45) is 21.5 Å². The number of hydrogen-bond donors (Lipinski definition) is 6. The molecule has 396 valence electrons. The summed E-state index contributed by atoms with van der Waals surface area (Å²) in [6.07, 6.45) is 11.3. The minimum atomic E-state index is -0.864. The molecule has 2 saturated heterocycles. The Morgan fingerprint density at radius 2 is 1.47 bits per heavy atom. The third-order valence-corrected chi connectivity index (χ3v) is 13.8. The molecule has 2 atom stereocenters. The number of aromatic nitrogens is 5. The molecule has 8 aromatic rings. The third-order valence-electron chi connectivity index (χ3n) is 11.3. The van der Waals surface area contributed by atoms with Crippen molar-refractivity contribution < 1.29 is 19.4 Å². The fraction of sp³-hybridized carbons (Fsp3) is 0.236. The number of H-pyrrole nitrogens is 1. The number of benzene rings is 4. The van der Waals surface area contributed by atoms with E-state index in [4.69, 9.17) is 44.5 Å². The number of aliphatic imine (C=N–C) groups is 2. The van der Waals surface area contributed by atoms with Crippen molar-refractivity contribution in [1.82, 2.24) is 29.8 Å². The smallest absolute Gasteiger partial charge is 0.345 e. The zero-order valence-corrected chi connectivity index (χ0v) is 46.4. The van der Waals surface area contributed by atoms with Crippen LogP contribution in [0.2, 0.25) is 10.6 Å². The largest absolute Gasteiger partial charge is 0.477 e. The predicted molar refractivity (Wildman–Crippen MR) is 319 cm³/mol. The van der Waals surface area contributed by atoms with Crippen LogP contribution >= 0.6 is 66.4 Å². The molecular formula is C55H58Br2Cl2N12O4S. The van der Waals surface area contributed by atoms with Crippen LogP contribution in [0.25, 0.3) is 26.6 Å². The average molecular weight is 1210 g/mol. The summed E-state index contributed by atoms with van der Waals surface area (Å²) in [5, 5.41) is 17.6. The van der Waals surface area contributed by atoms with Gasteiger partial charge in [-0.15, -0.1) is 11.3 Å². The summed E-state index contributed by atoms with van der Waals surface area (Å²) in [6.45, 7) is 6.99. The van der Waals surface area contributed by atoms with Crippen LogP contribution < -0.4 is 22.1 Å². The van der Waals surface area contributed by atoms with Gasteiger partial charge in [0.05, 0.1) is 25.4 Å². The number of fused-ring (bicyclic) bond motifs is 3. The van der Waals surface area contributed by atoms with E-state index in [1.807, 2.05) is 91.3 Å². The molecule has 0 bridgehead atoms. The molecule has 2 fully saturated rings. The number of aromatic amines is 1. The van der Waals surface area contributed by atoms with E-state index >= 15 is 0 Å². The van der Waals surface area contributed by atoms with Crippen LogP contribution in [0.1, 0.15) is 64.0 Å². The fourth-order valence-electron chi connectivity index (χ4n) is 7.50. The molecule has 21 heteroatoms. The molecule has 12 rings (SSSR count). The van der Waals surface area contributed by atoms with Crippen molar-refractivity contribution in [3.05, 3.63) is 168 Å². The number of likely N-dealkylation sites (tertiary alicyclic amines) is 1. The number of carbonyl (C=O) groups is 2. The monoisotopic (exact) mass is 1210 g/mol. The van der Waals surface area contributed by atoms with Crippen LogP contribution in [-0.2, 0) is 11.3 Å². The number of nitrogens with one attached hydrogen (secondary N) is 3. The Bertz CT molecular complexity index is 3210. The lowest BCUT2D eigenvalue weighted by atomic mass is 10.1. The summed E-state index contributed by atoms with van der Waals surface area (Å²) >= 11 is 19.5. The van der Waals surface area contributed by atoms with E-state index in [1.165, 1.54) is 29.9 Å². The lowest BCUT2D eigenvalue weighted by molar-refractivity contribution is 0.0702. The molecule has 16 nitrogen and oxygen atoms in total. The maximum atomic E-state index is 11.1. The van der Waals surface area contributed by atoms with Gasteiger partial charge in [-0.25, -0.2) is 24.7 Å². The number of halogens is 4. The number of hydrogen-bond acceptors (Lipinski definition) is 15. The molecule has 2 unspecified atom stereocenters. The lowest BCUT2D eigenvalue weighted by Crippen LogP contribution is -2.23. The first-order chi connectivity index (χ1) is 36.1. The van der Waals surface area contributed by atoms with Crippen molar-refractivity contribution in [1.29, 1.82) is 0 Å². The Labute approximate surface area is 472 Å². The molecule has 4 aromatic carbocycles. The summed E-state index contributed by atoms with van der Waals surface area (Å²) in [4.78, 5) is 51.6. The number of aromatic carboxylic acids is 1. The number of ether oxygens (including phenoxy) is 1. The van der Waals surface area contributed by atoms with Gasteiger partial charge < -0.3 is 41.8 Å². The summed E-state index contributed by atoms with van der Waals surface area (Å²) in [6, 6.07) is 33.7. The van der Waals surface area contributed by atoms with Crippen molar-refractivity contribution in [3.63, 3.8) is 0 Å². The number of anilines is 4. The first-order valence-corrected chi connectivity index (χ1v) is 26.7. The second kappa shape index (κ2) is 29.3. The minimum absolute atomic E-state index is 0. The van der Waals surface area contributed by atoms with Crippen LogP contribution in [0.15, 0.2) is 141 Å². The van der Waals surface area contributed by atoms with Crippen molar-refractivity contribution in [3.8, 4) is 0 Å². The van der Waals surface area contributed by atoms with Gasteiger partial charge >= 0.3 is 5.97 Å². The van der Waals surface area contributed by atoms with Gasteiger partial charge in [0.15, 0.2) is 5.78 Å². The Hall–Kier alpha value is -6.26. The third kappa shape index (κ3) is 18.5. The van der Waals surface area contributed by atoms with Gasteiger partial charge in [-0.1, -0.05) is 75.7 Å². The molecule has 8 N–H and O–H groups in total. The highest BCUT2D eigenvalue weighted by Gasteiger charge is 2.14. The van der Waals surface area contributed by atoms with Gasteiger partial charge in [0, 0.05) is 92.9 Å². The fourth-order valence-corrected chi connectivity index (χ4v) is 9.61. The number of Topliss-reactive ketones (excluding diaryl/α,β-unsaturated/α-hetero) is 1. The highest BCUT2D eigenvalue weighted by atomic mass is 79.9. The number of allylic oxidation sites excluding steroid dienone is 1.